The van der Waals surface area contributed by atoms with Crippen LogP contribution in [0.4, 0.5) is 33.1 Å². The van der Waals surface area contributed by atoms with Crippen LogP contribution >= 0.6 is 11.6 Å². The summed E-state index contributed by atoms with van der Waals surface area (Å²) in [4.78, 5) is 12.2. The molecular formula is C15H12ClFN6. The van der Waals surface area contributed by atoms with Gasteiger partial charge in [0, 0.05) is 11.9 Å². The van der Waals surface area contributed by atoms with Gasteiger partial charge in [-0.25, -0.2) is 14.4 Å². The summed E-state index contributed by atoms with van der Waals surface area (Å²) in [6.07, 6.45) is 4.68. The summed E-state index contributed by atoms with van der Waals surface area (Å²) < 4.78 is 13.2. The quantitative estimate of drug-likeness (QED) is 0.675. The molecule has 0 aliphatic heterocycles. The Bertz CT molecular complexity index is 827. The zero-order chi connectivity index (χ0) is 16.2. The molecule has 3 aromatic rings. The molecule has 2 aromatic heterocycles. The summed E-state index contributed by atoms with van der Waals surface area (Å²) in [6, 6.07) is 7.88. The molecule has 3 rings (SSSR count). The van der Waals surface area contributed by atoms with Gasteiger partial charge >= 0.3 is 0 Å². The molecule has 0 unspecified atom stereocenters. The van der Waals surface area contributed by atoms with Gasteiger partial charge in [-0.05, 0) is 30.3 Å². The van der Waals surface area contributed by atoms with Crippen LogP contribution in [0.2, 0.25) is 5.02 Å². The predicted molar refractivity (Wildman–Crippen MR) is 88.7 cm³/mol. The molecule has 2 heterocycles. The number of nitrogens with two attached hydrogens (primary N) is 1. The fourth-order valence-corrected chi connectivity index (χ4v) is 2.06. The lowest BCUT2D eigenvalue weighted by Crippen LogP contribution is -2.05. The molecule has 0 saturated heterocycles. The first kappa shape index (κ1) is 15.0. The van der Waals surface area contributed by atoms with Crippen molar-refractivity contribution in [2.45, 2.75) is 0 Å². The normalized spacial score (nSPS) is 10.3. The summed E-state index contributed by atoms with van der Waals surface area (Å²) >= 11 is 5.76. The van der Waals surface area contributed by atoms with Gasteiger partial charge in [0.05, 0.1) is 16.9 Å². The Balaban J connectivity index is 1.86. The number of hydrogen-bond acceptors (Lipinski definition) is 6. The number of halogens is 2. The second kappa shape index (κ2) is 6.45. The van der Waals surface area contributed by atoms with Crippen LogP contribution in [0, 0.1) is 5.82 Å². The third-order valence-corrected chi connectivity index (χ3v) is 3.28. The Morgan fingerprint density at radius 1 is 1.04 bits per heavy atom. The molecule has 0 aliphatic carbocycles. The largest absolute Gasteiger partial charge is 0.393 e. The molecule has 1 aromatic carbocycles. The Hall–Kier alpha value is -2.93. The molecule has 0 bridgehead atoms. The Morgan fingerprint density at radius 2 is 1.78 bits per heavy atom. The van der Waals surface area contributed by atoms with Gasteiger partial charge in [0.15, 0.2) is 11.6 Å². The lowest BCUT2D eigenvalue weighted by Gasteiger charge is -2.12. The van der Waals surface area contributed by atoms with E-state index in [-0.39, 0.29) is 5.02 Å². The third kappa shape index (κ3) is 3.46. The summed E-state index contributed by atoms with van der Waals surface area (Å²) in [7, 11) is 0. The molecule has 0 fully saturated rings. The van der Waals surface area contributed by atoms with Crippen LogP contribution in [0.5, 0.6) is 0 Å². The van der Waals surface area contributed by atoms with Crippen LogP contribution < -0.4 is 16.4 Å². The van der Waals surface area contributed by atoms with Crippen LogP contribution in [0.15, 0.2) is 49.1 Å². The first-order chi connectivity index (χ1) is 11.1. The van der Waals surface area contributed by atoms with Crippen LogP contribution in [0.3, 0.4) is 0 Å². The van der Waals surface area contributed by atoms with E-state index in [1.54, 1.807) is 18.5 Å². The summed E-state index contributed by atoms with van der Waals surface area (Å²) in [5, 5.41) is 6.05. The van der Waals surface area contributed by atoms with Crippen molar-refractivity contribution in [3.8, 4) is 0 Å². The van der Waals surface area contributed by atoms with Crippen molar-refractivity contribution in [3.05, 3.63) is 59.9 Å². The first-order valence-electron chi connectivity index (χ1n) is 6.63. The van der Waals surface area contributed by atoms with Gasteiger partial charge in [-0.1, -0.05) is 11.6 Å². The standard InChI is InChI=1S/C15H12ClFN6/c16-11-6-9(3-4-12(11)17)22-14-13(18)15(21-8-20-14)23-10-2-1-5-19-7-10/h1-8H,18H2,(H2,20,21,22,23). The minimum atomic E-state index is -0.494. The molecule has 6 nitrogen and oxygen atoms in total. The van der Waals surface area contributed by atoms with E-state index in [2.05, 4.69) is 25.6 Å². The van der Waals surface area contributed by atoms with Gasteiger partial charge in [0.2, 0.25) is 0 Å². The highest BCUT2D eigenvalue weighted by Gasteiger charge is 2.09. The number of nitrogens with one attached hydrogen (secondary N) is 2. The second-order valence-corrected chi connectivity index (χ2v) is 5.01. The van der Waals surface area contributed by atoms with Crippen molar-refractivity contribution in [3.63, 3.8) is 0 Å². The van der Waals surface area contributed by atoms with Crippen LogP contribution in [-0.2, 0) is 0 Å². The number of nitrogens with zero attached hydrogens (tertiary/aromatic N) is 3. The Kier molecular flexibility index (Phi) is 4.20. The van der Waals surface area contributed by atoms with E-state index >= 15 is 0 Å². The molecule has 0 aliphatic rings. The van der Waals surface area contributed by atoms with E-state index in [1.807, 2.05) is 6.07 Å². The highest BCUT2D eigenvalue weighted by Crippen LogP contribution is 2.29. The average Bonchev–Trinajstić information content (AvgIpc) is 2.56. The number of aromatic nitrogens is 3. The maximum Gasteiger partial charge on any atom is 0.159 e. The van der Waals surface area contributed by atoms with E-state index in [4.69, 9.17) is 17.3 Å². The number of nitrogen functional groups attached to an aromatic ring is 1. The molecule has 23 heavy (non-hydrogen) atoms. The van der Waals surface area contributed by atoms with Gasteiger partial charge in [-0.3, -0.25) is 4.98 Å². The van der Waals surface area contributed by atoms with E-state index in [0.29, 0.717) is 23.0 Å². The maximum absolute atomic E-state index is 13.2. The van der Waals surface area contributed by atoms with E-state index < -0.39 is 5.82 Å². The smallest absolute Gasteiger partial charge is 0.159 e. The minimum Gasteiger partial charge on any atom is -0.393 e. The van der Waals surface area contributed by atoms with Gasteiger partial charge < -0.3 is 16.4 Å². The monoisotopic (exact) mass is 330 g/mol. The van der Waals surface area contributed by atoms with E-state index in [1.165, 1.54) is 24.5 Å². The zero-order valence-corrected chi connectivity index (χ0v) is 12.5. The fourth-order valence-electron chi connectivity index (χ4n) is 1.88. The summed E-state index contributed by atoms with van der Waals surface area (Å²) in [5.41, 5.74) is 7.69. The number of pyridine rings is 1. The number of hydrogen-bond donors (Lipinski definition) is 3. The van der Waals surface area contributed by atoms with Crippen LogP contribution in [0.1, 0.15) is 0 Å². The highest BCUT2D eigenvalue weighted by molar-refractivity contribution is 6.31. The second-order valence-electron chi connectivity index (χ2n) is 4.61. The van der Waals surface area contributed by atoms with Gasteiger partial charge in [0.1, 0.15) is 17.8 Å². The molecule has 116 valence electrons. The summed E-state index contributed by atoms with van der Waals surface area (Å²) in [5.74, 6) is 0.324. The number of rotatable bonds is 4. The van der Waals surface area contributed by atoms with Crippen molar-refractivity contribution >= 4 is 40.3 Å². The Morgan fingerprint density at radius 3 is 2.43 bits per heavy atom. The first-order valence-corrected chi connectivity index (χ1v) is 7.01. The van der Waals surface area contributed by atoms with Crippen molar-refractivity contribution < 1.29 is 4.39 Å². The minimum absolute atomic E-state index is 0.0105. The zero-order valence-electron chi connectivity index (χ0n) is 11.8. The molecule has 0 saturated carbocycles. The molecule has 8 heteroatoms. The van der Waals surface area contributed by atoms with Crippen molar-refractivity contribution in [1.29, 1.82) is 0 Å². The topological polar surface area (TPSA) is 88.8 Å². The average molecular weight is 331 g/mol. The molecular weight excluding hydrogens is 319 g/mol. The van der Waals surface area contributed by atoms with Gasteiger partial charge in [0.25, 0.3) is 0 Å². The molecule has 0 amide bonds. The molecule has 4 N–H and O–H groups in total. The van der Waals surface area contributed by atoms with Crippen molar-refractivity contribution in [2.24, 2.45) is 0 Å². The van der Waals surface area contributed by atoms with E-state index in [9.17, 15) is 4.39 Å². The molecule has 0 radical (unpaired) electrons. The fraction of sp³-hybridized carbons (Fsp3) is 0. The van der Waals surface area contributed by atoms with Crippen molar-refractivity contribution in [1.82, 2.24) is 15.0 Å². The lowest BCUT2D eigenvalue weighted by atomic mass is 10.3. The van der Waals surface area contributed by atoms with E-state index in [0.717, 1.165) is 5.69 Å². The third-order valence-electron chi connectivity index (χ3n) is 2.99. The molecule has 0 spiro atoms. The highest BCUT2D eigenvalue weighted by atomic mass is 35.5. The molecule has 0 atom stereocenters. The maximum atomic E-state index is 13.2. The lowest BCUT2D eigenvalue weighted by molar-refractivity contribution is 0.628. The SMILES string of the molecule is Nc1c(Nc2cccnc2)ncnc1Nc1ccc(F)c(Cl)c1. The summed E-state index contributed by atoms with van der Waals surface area (Å²) in [6.45, 7) is 0. The number of benzene rings is 1. The number of anilines is 5. The Labute approximate surface area is 136 Å². The van der Waals surface area contributed by atoms with Crippen molar-refractivity contribution in [2.75, 3.05) is 16.4 Å². The van der Waals surface area contributed by atoms with Crippen LogP contribution in [-0.4, -0.2) is 15.0 Å². The van der Waals surface area contributed by atoms with Crippen LogP contribution in [0.25, 0.3) is 0 Å². The van der Waals surface area contributed by atoms with Gasteiger partial charge in [-0.15, -0.1) is 0 Å². The predicted octanol–water partition coefficient (Wildman–Crippen LogP) is 3.73. The van der Waals surface area contributed by atoms with Gasteiger partial charge in [-0.2, -0.15) is 0 Å².